The maximum atomic E-state index is 12.0. The molecule has 116 valence electrons. The normalized spacial score (nSPS) is 10.7. The maximum Gasteiger partial charge on any atom is 0.238 e. The third kappa shape index (κ3) is 4.51. The highest BCUT2D eigenvalue weighted by Crippen LogP contribution is 2.17. The van der Waals surface area contributed by atoms with Crippen LogP contribution < -0.4 is 5.32 Å². The Bertz CT molecular complexity index is 662. The van der Waals surface area contributed by atoms with Gasteiger partial charge in [0.25, 0.3) is 0 Å². The van der Waals surface area contributed by atoms with Gasteiger partial charge in [-0.2, -0.15) is 0 Å². The van der Waals surface area contributed by atoms with E-state index < -0.39 is 0 Å². The van der Waals surface area contributed by atoms with E-state index in [0.717, 1.165) is 6.54 Å². The van der Waals surface area contributed by atoms with Crippen LogP contribution in [-0.4, -0.2) is 30.2 Å². The molecule has 0 radical (unpaired) electrons. The first kappa shape index (κ1) is 16.4. The van der Waals surface area contributed by atoms with Crippen molar-refractivity contribution in [3.63, 3.8) is 0 Å². The zero-order valence-corrected chi connectivity index (χ0v) is 13.9. The number of Topliss-reactive ketones (excluding diaryl/α,β-unsaturated/α-hetero) is 1. The number of carbonyl (C=O) groups excluding carboxylic acids is 2. The molecular weight excluding hydrogens is 296 g/mol. The molecule has 2 rings (SSSR count). The molecule has 0 fully saturated rings. The molecule has 1 aromatic heterocycles. The monoisotopic (exact) mass is 316 g/mol. The molecule has 0 bridgehead atoms. The number of thiophene rings is 1. The van der Waals surface area contributed by atoms with Crippen LogP contribution in [0.4, 0.5) is 5.69 Å². The van der Waals surface area contributed by atoms with Gasteiger partial charge in [-0.3, -0.25) is 14.5 Å². The van der Waals surface area contributed by atoms with Crippen LogP contribution in [0.5, 0.6) is 0 Å². The summed E-state index contributed by atoms with van der Waals surface area (Å²) in [4.78, 5) is 26.5. The lowest BCUT2D eigenvalue weighted by molar-refractivity contribution is -0.117. The summed E-state index contributed by atoms with van der Waals surface area (Å²) in [6.07, 6.45) is 0. The molecule has 1 N–H and O–H groups in total. The van der Waals surface area contributed by atoms with E-state index >= 15 is 0 Å². The van der Waals surface area contributed by atoms with Gasteiger partial charge in [0.15, 0.2) is 5.78 Å². The van der Waals surface area contributed by atoms with E-state index in [1.807, 2.05) is 11.9 Å². The van der Waals surface area contributed by atoms with Crippen molar-refractivity contribution < 1.29 is 9.59 Å². The molecule has 0 aliphatic heterocycles. The van der Waals surface area contributed by atoms with Gasteiger partial charge in [0, 0.05) is 22.7 Å². The first-order chi connectivity index (χ1) is 10.5. The summed E-state index contributed by atoms with van der Waals surface area (Å²) in [7, 11) is 1.93. The van der Waals surface area contributed by atoms with Crippen molar-refractivity contribution >= 4 is 28.7 Å². The topological polar surface area (TPSA) is 49.4 Å². The Kier molecular flexibility index (Phi) is 5.46. The highest BCUT2D eigenvalue weighted by molar-refractivity contribution is 7.10. The highest BCUT2D eigenvalue weighted by Gasteiger charge is 2.10. The van der Waals surface area contributed by atoms with E-state index in [4.69, 9.17) is 0 Å². The van der Waals surface area contributed by atoms with E-state index in [1.165, 1.54) is 17.4 Å². The van der Waals surface area contributed by atoms with Gasteiger partial charge in [0.05, 0.1) is 6.54 Å². The molecule has 22 heavy (non-hydrogen) atoms. The number of aryl methyl sites for hydroxylation is 1. The van der Waals surface area contributed by atoms with Gasteiger partial charge in [0.2, 0.25) is 5.91 Å². The summed E-state index contributed by atoms with van der Waals surface area (Å²) in [5, 5.41) is 4.91. The maximum absolute atomic E-state index is 12.0. The fourth-order valence-corrected chi connectivity index (χ4v) is 3.09. The first-order valence-corrected chi connectivity index (χ1v) is 7.96. The van der Waals surface area contributed by atoms with Crippen LogP contribution >= 0.6 is 11.3 Å². The second-order valence-corrected chi connectivity index (χ2v) is 6.38. The molecule has 0 aliphatic rings. The van der Waals surface area contributed by atoms with Gasteiger partial charge in [-0.25, -0.2) is 0 Å². The van der Waals surface area contributed by atoms with E-state index in [1.54, 1.807) is 35.6 Å². The molecule has 4 nitrogen and oxygen atoms in total. The number of benzene rings is 1. The number of carbonyl (C=O) groups is 2. The fraction of sp³-hybridized carbons (Fsp3) is 0.294. The lowest BCUT2D eigenvalue weighted by Crippen LogP contribution is -2.29. The molecule has 0 saturated heterocycles. The first-order valence-electron chi connectivity index (χ1n) is 7.08. The summed E-state index contributed by atoms with van der Waals surface area (Å²) < 4.78 is 0. The lowest BCUT2D eigenvalue weighted by atomic mass is 10.1. The number of nitrogens with zero attached hydrogens (tertiary/aromatic N) is 1. The summed E-state index contributed by atoms with van der Waals surface area (Å²) in [5.74, 6) is -0.0452. The number of anilines is 1. The molecule has 2 aromatic rings. The number of hydrogen-bond acceptors (Lipinski definition) is 4. The fourth-order valence-electron chi connectivity index (χ4n) is 2.10. The van der Waals surface area contributed by atoms with Crippen molar-refractivity contribution in [2.75, 3.05) is 18.9 Å². The number of hydrogen-bond donors (Lipinski definition) is 1. The van der Waals surface area contributed by atoms with Crippen molar-refractivity contribution in [3.05, 3.63) is 51.7 Å². The Morgan fingerprint density at radius 2 is 1.86 bits per heavy atom. The molecule has 0 unspecified atom stereocenters. The number of rotatable bonds is 6. The third-order valence-electron chi connectivity index (χ3n) is 3.37. The predicted molar refractivity (Wildman–Crippen MR) is 90.5 cm³/mol. The smallest absolute Gasteiger partial charge is 0.238 e. The van der Waals surface area contributed by atoms with Crippen LogP contribution in [0.2, 0.25) is 0 Å². The minimum Gasteiger partial charge on any atom is -0.325 e. The largest absolute Gasteiger partial charge is 0.325 e. The number of likely N-dealkylation sites (N-methyl/N-ethyl adjacent to an activating group) is 1. The summed E-state index contributed by atoms with van der Waals surface area (Å²) in [6, 6.07) is 9.02. The minimum absolute atomic E-state index is 0.0175. The standard InChI is InChI=1S/C17H20N2O2S/c1-12-8-9-22-16(12)10-19(3)11-17(21)18-15-6-4-14(5-7-15)13(2)20/h4-9H,10-11H2,1-3H3,(H,18,21). The molecule has 0 aliphatic carbocycles. The van der Waals surface area contributed by atoms with Crippen molar-refractivity contribution in [3.8, 4) is 0 Å². The number of amides is 1. The average Bonchev–Trinajstić information content (AvgIpc) is 2.84. The lowest BCUT2D eigenvalue weighted by Gasteiger charge is -2.16. The Balaban J connectivity index is 1.87. The quantitative estimate of drug-likeness (QED) is 0.832. The van der Waals surface area contributed by atoms with Gasteiger partial charge < -0.3 is 5.32 Å². The molecule has 1 amide bonds. The average molecular weight is 316 g/mol. The number of ketones is 1. The van der Waals surface area contributed by atoms with E-state index in [9.17, 15) is 9.59 Å². The zero-order valence-electron chi connectivity index (χ0n) is 13.1. The molecular formula is C17H20N2O2S. The Morgan fingerprint density at radius 1 is 1.18 bits per heavy atom. The van der Waals surface area contributed by atoms with Gasteiger partial charge >= 0.3 is 0 Å². The van der Waals surface area contributed by atoms with E-state index in [-0.39, 0.29) is 11.7 Å². The predicted octanol–water partition coefficient (Wildman–Crippen LogP) is 3.33. The molecule has 0 spiro atoms. The van der Waals surface area contributed by atoms with Crippen LogP contribution in [-0.2, 0) is 11.3 Å². The SMILES string of the molecule is CC(=O)c1ccc(NC(=O)CN(C)Cc2sccc2C)cc1. The minimum atomic E-state index is -0.0627. The van der Waals surface area contributed by atoms with Gasteiger partial charge in [-0.05, 0) is 62.2 Å². The van der Waals surface area contributed by atoms with Gasteiger partial charge in [-0.1, -0.05) is 0 Å². The molecule has 5 heteroatoms. The summed E-state index contributed by atoms with van der Waals surface area (Å²) in [5.41, 5.74) is 2.61. The summed E-state index contributed by atoms with van der Waals surface area (Å²) in [6.45, 7) is 4.69. The van der Waals surface area contributed by atoms with Crippen molar-refractivity contribution in [2.24, 2.45) is 0 Å². The third-order valence-corrected chi connectivity index (χ3v) is 4.38. The van der Waals surface area contributed by atoms with E-state index in [2.05, 4.69) is 23.7 Å². The highest BCUT2D eigenvalue weighted by atomic mass is 32.1. The molecule has 0 atom stereocenters. The number of nitrogens with one attached hydrogen (secondary N) is 1. The van der Waals surface area contributed by atoms with Crippen molar-refractivity contribution in [1.29, 1.82) is 0 Å². The van der Waals surface area contributed by atoms with Crippen LogP contribution in [0.25, 0.3) is 0 Å². The Hall–Kier alpha value is -1.98. The van der Waals surface area contributed by atoms with Crippen molar-refractivity contribution in [1.82, 2.24) is 4.90 Å². The zero-order chi connectivity index (χ0) is 16.1. The molecule has 0 saturated carbocycles. The van der Waals surface area contributed by atoms with Crippen molar-refractivity contribution in [2.45, 2.75) is 20.4 Å². The molecule has 1 aromatic carbocycles. The Labute approximate surface area is 134 Å². The van der Waals surface area contributed by atoms with Crippen LogP contribution in [0.1, 0.15) is 27.7 Å². The summed E-state index contributed by atoms with van der Waals surface area (Å²) >= 11 is 1.71. The van der Waals surface area contributed by atoms with E-state index in [0.29, 0.717) is 17.8 Å². The Morgan fingerprint density at radius 3 is 2.41 bits per heavy atom. The molecule has 1 heterocycles. The van der Waals surface area contributed by atoms with Gasteiger partial charge in [-0.15, -0.1) is 11.3 Å². The second-order valence-electron chi connectivity index (χ2n) is 5.38. The second kappa shape index (κ2) is 7.33. The van der Waals surface area contributed by atoms with Crippen LogP contribution in [0, 0.1) is 6.92 Å². The van der Waals surface area contributed by atoms with Crippen LogP contribution in [0.15, 0.2) is 35.7 Å². The van der Waals surface area contributed by atoms with Gasteiger partial charge in [0.1, 0.15) is 0 Å². The van der Waals surface area contributed by atoms with Crippen LogP contribution in [0.3, 0.4) is 0 Å².